The fourth-order valence-corrected chi connectivity index (χ4v) is 3.55. The van der Waals surface area contributed by atoms with Crippen molar-refractivity contribution in [3.63, 3.8) is 0 Å². The third kappa shape index (κ3) is 7.11. The van der Waals surface area contributed by atoms with Gasteiger partial charge in [0, 0.05) is 25.8 Å². The van der Waals surface area contributed by atoms with Crippen LogP contribution in [0.5, 0.6) is 5.75 Å². The summed E-state index contributed by atoms with van der Waals surface area (Å²) in [5.74, 6) is 0.0972. The molecular weight excluding hydrogens is 713 g/mol. The Labute approximate surface area is 238 Å². The number of benzene rings is 4. The Morgan fingerprint density at radius 3 is 1.68 bits per heavy atom. The number of nitrogens with zero attached hydrogens (tertiary/aromatic N) is 3. The maximum absolute atomic E-state index is 12.9. The van der Waals surface area contributed by atoms with E-state index in [2.05, 4.69) is 16.0 Å². The Hall–Kier alpha value is -4.08. The monoisotopic (exact) mass is 730 g/mol. The normalized spacial score (nSPS) is 11.2. The van der Waals surface area contributed by atoms with Crippen molar-refractivity contribution in [3.8, 4) is 28.3 Å². The number of aromatic nitrogens is 2. The zero-order chi connectivity index (χ0) is 28.2. The van der Waals surface area contributed by atoms with E-state index >= 15 is 0 Å². The van der Waals surface area contributed by atoms with Gasteiger partial charge in [0.2, 0.25) is 0 Å². The molecule has 0 bridgehead atoms. The third-order valence-electron chi connectivity index (χ3n) is 5.53. The molecule has 0 atom stereocenters. The molecule has 11 heteroatoms. The Kier molecular flexibility index (Phi) is 9.44. The number of hydrogen-bond acceptors (Lipinski definition) is 3. The van der Waals surface area contributed by atoms with Crippen LogP contribution in [0.25, 0.3) is 39.0 Å². The minimum atomic E-state index is -4.51. The smallest absolute Gasteiger partial charge is 0.416 e. The number of halogens is 6. The molecule has 40 heavy (non-hydrogen) atoms. The average Bonchev–Trinajstić information content (AvgIpc) is 2.92. The van der Waals surface area contributed by atoms with Gasteiger partial charge in [0.15, 0.2) is 0 Å². The molecule has 4 aromatic carbocycles. The van der Waals surface area contributed by atoms with Crippen LogP contribution in [0.2, 0.25) is 0 Å². The number of para-hydroxylation sites is 3. The standard InChI is InChI=1S/C22H11F6N2.C7H6NO.Ir/c23-21(24,25)15-9-5-13(6-10-15)19-20(30-18-4-2-1-3-17(18)29-19)14-7-11-16(12-8-14)22(26,27)28;8-5-6-3-1-2-4-7(6)9;/h1-7,9-12H;1-5,9H;/q2*-1;. The van der Waals surface area contributed by atoms with E-state index < -0.39 is 23.5 Å². The van der Waals surface area contributed by atoms with Gasteiger partial charge in [-0.25, -0.2) is 0 Å². The molecule has 0 aliphatic rings. The van der Waals surface area contributed by atoms with Gasteiger partial charge < -0.3 is 10.5 Å². The molecule has 5 rings (SSSR count). The Balaban J connectivity index is 0.000000377. The summed E-state index contributed by atoms with van der Waals surface area (Å²) in [5, 5.41) is 17.4. The van der Waals surface area contributed by atoms with Crippen molar-refractivity contribution in [1.29, 1.82) is 0 Å². The van der Waals surface area contributed by atoms with Gasteiger partial charge in [0.1, 0.15) is 5.75 Å². The van der Waals surface area contributed by atoms with Gasteiger partial charge in [-0.3, -0.25) is 9.97 Å². The fourth-order valence-electron chi connectivity index (χ4n) is 3.55. The van der Waals surface area contributed by atoms with Gasteiger partial charge in [-0.2, -0.15) is 32.6 Å². The first-order chi connectivity index (χ1) is 18.5. The molecule has 0 unspecified atom stereocenters. The predicted octanol–water partition coefficient (Wildman–Crippen LogP) is 8.18. The molecular formula is C29H17F6IrN3O-2. The Morgan fingerprint density at radius 2 is 1.20 bits per heavy atom. The SMILES string of the molecule is FC(F)(F)c1c[c-]c(-c2nc3ccccc3nc2-c2ccc(C(F)(F)F)cc2)cc1.[Ir].[N-]=Cc1ccccc1O. The van der Waals surface area contributed by atoms with Crippen molar-refractivity contribution in [2.75, 3.05) is 0 Å². The van der Waals surface area contributed by atoms with Crippen LogP contribution in [0.4, 0.5) is 26.3 Å². The number of phenolic OH excluding ortho intramolecular Hbond substituents is 1. The molecule has 0 spiro atoms. The van der Waals surface area contributed by atoms with Gasteiger partial charge in [0.25, 0.3) is 0 Å². The van der Waals surface area contributed by atoms with Crippen molar-refractivity contribution in [2.24, 2.45) is 0 Å². The first-order valence-electron chi connectivity index (χ1n) is 11.3. The Morgan fingerprint density at radius 1 is 0.675 bits per heavy atom. The predicted molar refractivity (Wildman–Crippen MR) is 136 cm³/mol. The summed E-state index contributed by atoms with van der Waals surface area (Å²) in [5.41, 5.74) is 0.831. The van der Waals surface area contributed by atoms with Gasteiger partial charge in [-0.1, -0.05) is 42.5 Å². The molecule has 0 fully saturated rings. The second kappa shape index (κ2) is 12.4. The van der Waals surface area contributed by atoms with E-state index in [1.165, 1.54) is 24.3 Å². The number of aromatic hydroxyl groups is 1. The second-order valence-electron chi connectivity index (χ2n) is 8.16. The summed E-state index contributed by atoms with van der Waals surface area (Å²) in [6.45, 7) is 0. The minimum absolute atomic E-state index is 0. The topological polar surface area (TPSA) is 68.3 Å². The quantitative estimate of drug-likeness (QED) is 0.116. The average molecular weight is 730 g/mol. The summed E-state index contributed by atoms with van der Waals surface area (Å²) < 4.78 is 77.3. The van der Waals surface area contributed by atoms with E-state index in [1.807, 2.05) is 0 Å². The van der Waals surface area contributed by atoms with Crippen LogP contribution in [0.3, 0.4) is 0 Å². The van der Waals surface area contributed by atoms with E-state index in [0.717, 1.165) is 30.5 Å². The van der Waals surface area contributed by atoms with Crippen LogP contribution < -0.4 is 0 Å². The molecule has 0 aliphatic carbocycles. The summed E-state index contributed by atoms with van der Waals surface area (Å²) in [7, 11) is 0. The van der Waals surface area contributed by atoms with Crippen molar-refractivity contribution < 1.29 is 51.6 Å². The van der Waals surface area contributed by atoms with Gasteiger partial charge in [-0.05, 0) is 47.0 Å². The van der Waals surface area contributed by atoms with Crippen LogP contribution in [0.1, 0.15) is 16.7 Å². The summed E-state index contributed by atoms with van der Waals surface area (Å²) in [6.07, 6.45) is -8.13. The third-order valence-corrected chi connectivity index (χ3v) is 5.53. The molecule has 0 saturated heterocycles. The number of fused-ring (bicyclic) bond motifs is 1. The van der Waals surface area contributed by atoms with Gasteiger partial charge in [0.05, 0.1) is 22.3 Å². The molecule has 0 saturated carbocycles. The molecule has 207 valence electrons. The summed E-state index contributed by atoms with van der Waals surface area (Å²) in [4.78, 5) is 8.99. The van der Waals surface area contributed by atoms with Gasteiger partial charge >= 0.3 is 12.4 Å². The van der Waals surface area contributed by atoms with E-state index in [-0.39, 0.29) is 42.8 Å². The summed E-state index contributed by atoms with van der Waals surface area (Å²) >= 11 is 0. The van der Waals surface area contributed by atoms with E-state index in [4.69, 9.17) is 10.5 Å². The van der Waals surface area contributed by atoms with Crippen LogP contribution >= 0.6 is 0 Å². The minimum Gasteiger partial charge on any atom is -0.810 e. The molecule has 1 aromatic heterocycles. The molecule has 1 heterocycles. The van der Waals surface area contributed by atoms with E-state index in [0.29, 0.717) is 22.2 Å². The zero-order valence-corrected chi connectivity index (χ0v) is 22.5. The van der Waals surface area contributed by atoms with Crippen molar-refractivity contribution >= 4 is 17.2 Å². The van der Waals surface area contributed by atoms with Crippen LogP contribution in [0, 0.1) is 6.07 Å². The van der Waals surface area contributed by atoms with Gasteiger partial charge in [-0.15, -0.1) is 29.8 Å². The molecule has 1 radical (unpaired) electrons. The maximum atomic E-state index is 12.9. The zero-order valence-electron chi connectivity index (χ0n) is 20.1. The van der Waals surface area contributed by atoms with E-state index in [1.54, 1.807) is 42.5 Å². The largest absolute Gasteiger partial charge is 0.810 e. The Bertz CT molecular complexity index is 1510. The number of alkyl halides is 6. The molecule has 1 N–H and O–H groups in total. The fraction of sp³-hybridized carbons (Fsp3) is 0.0690. The molecule has 0 aliphatic heterocycles. The first kappa shape index (κ1) is 30.5. The number of hydrogen-bond donors (Lipinski definition) is 1. The second-order valence-corrected chi connectivity index (χ2v) is 8.16. The molecule has 4 nitrogen and oxygen atoms in total. The van der Waals surface area contributed by atoms with Crippen LogP contribution in [0.15, 0.2) is 91.0 Å². The first-order valence-corrected chi connectivity index (χ1v) is 11.3. The van der Waals surface area contributed by atoms with Crippen molar-refractivity contribution in [3.05, 3.63) is 119 Å². The van der Waals surface area contributed by atoms with Crippen molar-refractivity contribution in [1.82, 2.24) is 9.97 Å². The molecule has 0 amide bonds. The van der Waals surface area contributed by atoms with Crippen LogP contribution in [-0.4, -0.2) is 21.3 Å². The molecule has 5 aromatic rings. The number of rotatable bonds is 3. The van der Waals surface area contributed by atoms with Crippen molar-refractivity contribution in [2.45, 2.75) is 12.4 Å². The van der Waals surface area contributed by atoms with E-state index in [9.17, 15) is 26.3 Å². The maximum Gasteiger partial charge on any atom is 0.416 e. The number of phenols is 1. The summed E-state index contributed by atoms with van der Waals surface area (Å²) in [6, 6.07) is 23.3. The van der Waals surface area contributed by atoms with Crippen LogP contribution in [-0.2, 0) is 32.5 Å².